The average molecular weight is 805 g/mol. The SMILES string of the molecule is COCCOCCOC(=O)OC(C)OC(=O)c1ccc(NC(=O)C2N[C@@H](CC(C)(C)C)[C@@]3(C(=O)Nc4cc(Cl)ccc43)C2c2cccc(Cl)c2F)c(OC)c1. The minimum absolute atomic E-state index is 0.0187. The summed E-state index contributed by atoms with van der Waals surface area (Å²) in [6, 6.07) is 11.9. The topological polar surface area (TPSA) is 160 Å². The summed E-state index contributed by atoms with van der Waals surface area (Å²) in [5, 5.41) is 9.45. The van der Waals surface area contributed by atoms with Crippen molar-refractivity contribution in [2.75, 3.05) is 51.3 Å². The minimum atomic E-state index is -1.46. The van der Waals surface area contributed by atoms with Crippen LogP contribution in [0, 0.1) is 11.2 Å². The van der Waals surface area contributed by atoms with Crippen LogP contribution >= 0.6 is 23.2 Å². The summed E-state index contributed by atoms with van der Waals surface area (Å²) in [5.41, 5.74) is -0.480. The molecule has 2 amide bonds. The zero-order chi connectivity index (χ0) is 40.1. The average Bonchev–Trinajstić information content (AvgIpc) is 3.59. The van der Waals surface area contributed by atoms with Crippen LogP contribution < -0.4 is 20.7 Å². The van der Waals surface area contributed by atoms with Gasteiger partial charge in [0.2, 0.25) is 18.1 Å². The molecule has 55 heavy (non-hydrogen) atoms. The first kappa shape index (κ1) is 41.7. The standard InChI is InChI=1S/C39H44Cl2FN3O10/c1-21(55-37(49)53-17-16-52-15-14-50-5)54-35(47)22-10-13-27(29(18-22)51-6)43-34(46)33-31(24-8-7-9-26(41)32(24)42)39(30(45-33)20-38(2,3)4)25-12-11-23(40)19-28(25)44-36(39)48/h7-13,18-19,21,30-31,33,45H,14-17,20H2,1-6H3,(H,43,46)(H,44,48)/t21?,30-,31?,33?,39+/m0/s1. The molecule has 0 aliphatic carbocycles. The number of esters is 1. The van der Waals surface area contributed by atoms with E-state index in [0.29, 0.717) is 35.9 Å². The van der Waals surface area contributed by atoms with Crippen molar-refractivity contribution in [3.8, 4) is 5.75 Å². The van der Waals surface area contributed by atoms with Gasteiger partial charge in [-0.25, -0.2) is 14.0 Å². The monoisotopic (exact) mass is 803 g/mol. The largest absolute Gasteiger partial charge is 0.511 e. The smallest absolute Gasteiger partial charge is 0.495 e. The zero-order valence-corrected chi connectivity index (χ0v) is 32.8. The molecule has 5 rings (SSSR count). The van der Waals surface area contributed by atoms with Gasteiger partial charge in [-0.3, -0.25) is 9.59 Å². The van der Waals surface area contributed by atoms with Gasteiger partial charge in [0, 0.05) is 36.7 Å². The number of nitrogens with one attached hydrogen (secondary N) is 3. The Balaban J connectivity index is 1.40. The van der Waals surface area contributed by atoms with Crippen LogP contribution in [0.4, 0.5) is 20.6 Å². The summed E-state index contributed by atoms with van der Waals surface area (Å²) in [6.07, 6.45) is -1.94. The molecular weight excluding hydrogens is 760 g/mol. The Bertz CT molecular complexity index is 1920. The fourth-order valence-corrected chi connectivity index (χ4v) is 7.48. The third-order valence-corrected chi connectivity index (χ3v) is 9.86. The lowest BCUT2D eigenvalue weighted by Gasteiger charge is -2.37. The molecule has 2 heterocycles. The maximum absolute atomic E-state index is 16.1. The lowest BCUT2D eigenvalue weighted by Crippen LogP contribution is -2.49. The predicted molar refractivity (Wildman–Crippen MR) is 202 cm³/mol. The molecule has 0 aromatic heterocycles. The lowest BCUT2D eigenvalue weighted by atomic mass is 9.62. The number of benzene rings is 3. The highest BCUT2D eigenvalue weighted by atomic mass is 35.5. The van der Waals surface area contributed by atoms with Crippen LogP contribution in [0.3, 0.4) is 0 Å². The molecule has 1 fully saturated rings. The maximum Gasteiger partial charge on any atom is 0.511 e. The molecule has 0 bridgehead atoms. The summed E-state index contributed by atoms with van der Waals surface area (Å²) in [5.74, 6) is -3.62. The quantitative estimate of drug-likeness (QED) is 0.0889. The highest BCUT2D eigenvalue weighted by molar-refractivity contribution is 6.31. The van der Waals surface area contributed by atoms with Gasteiger partial charge < -0.3 is 44.4 Å². The molecule has 1 spiro atoms. The molecule has 13 nitrogen and oxygen atoms in total. The number of carbonyl (C=O) groups excluding carboxylic acids is 4. The summed E-state index contributed by atoms with van der Waals surface area (Å²) in [4.78, 5) is 53.9. The molecule has 2 aliphatic heterocycles. The van der Waals surface area contributed by atoms with Gasteiger partial charge in [0.25, 0.3) is 0 Å². The summed E-state index contributed by atoms with van der Waals surface area (Å²) >= 11 is 12.6. The molecule has 3 N–H and O–H groups in total. The Hall–Kier alpha value is -4.47. The number of rotatable bonds is 14. The summed E-state index contributed by atoms with van der Waals surface area (Å²) in [7, 11) is 2.88. The molecule has 3 aromatic rings. The molecule has 16 heteroatoms. The number of carbonyl (C=O) groups is 4. The Kier molecular flexibility index (Phi) is 13.3. The molecule has 5 atom stereocenters. The van der Waals surface area contributed by atoms with Crippen LogP contribution in [0.25, 0.3) is 0 Å². The third-order valence-electron chi connectivity index (χ3n) is 9.33. The number of fused-ring (bicyclic) bond motifs is 2. The first-order valence-corrected chi connectivity index (χ1v) is 18.3. The van der Waals surface area contributed by atoms with Gasteiger partial charge in [-0.1, -0.05) is 62.2 Å². The fourth-order valence-electron chi connectivity index (χ4n) is 7.12. The van der Waals surface area contributed by atoms with Crippen molar-refractivity contribution in [3.05, 3.63) is 87.2 Å². The molecule has 3 aromatic carbocycles. The number of hydrogen-bond acceptors (Lipinski definition) is 11. The van der Waals surface area contributed by atoms with E-state index in [0.717, 1.165) is 0 Å². The van der Waals surface area contributed by atoms with Crippen LogP contribution in [0.15, 0.2) is 54.6 Å². The number of methoxy groups -OCH3 is 2. The molecular formula is C39H44Cl2FN3O10. The van der Waals surface area contributed by atoms with Crippen LogP contribution in [0.2, 0.25) is 10.0 Å². The van der Waals surface area contributed by atoms with E-state index >= 15 is 4.39 Å². The van der Waals surface area contributed by atoms with E-state index < -0.39 is 59.5 Å². The van der Waals surface area contributed by atoms with E-state index in [9.17, 15) is 19.2 Å². The van der Waals surface area contributed by atoms with E-state index in [1.807, 2.05) is 20.8 Å². The van der Waals surface area contributed by atoms with E-state index in [-0.39, 0.29) is 46.2 Å². The molecule has 296 valence electrons. The first-order chi connectivity index (χ1) is 26.1. The second-order valence-electron chi connectivity index (χ2n) is 14.3. The molecule has 3 unspecified atom stereocenters. The number of halogens is 3. The predicted octanol–water partition coefficient (Wildman–Crippen LogP) is 6.85. The van der Waals surface area contributed by atoms with Crippen molar-refractivity contribution < 1.29 is 52.0 Å². The highest BCUT2D eigenvalue weighted by Crippen LogP contribution is 2.57. The van der Waals surface area contributed by atoms with Gasteiger partial charge in [0.1, 0.15) is 23.6 Å². The van der Waals surface area contributed by atoms with Gasteiger partial charge in [-0.2, -0.15) is 0 Å². The Morgan fingerprint density at radius 3 is 2.44 bits per heavy atom. The van der Waals surface area contributed by atoms with Gasteiger partial charge in [0.15, 0.2) is 0 Å². The van der Waals surface area contributed by atoms with Crippen molar-refractivity contribution in [2.24, 2.45) is 5.41 Å². The van der Waals surface area contributed by atoms with Crippen LogP contribution in [0.1, 0.15) is 61.5 Å². The van der Waals surface area contributed by atoms with Crippen molar-refractivity contribution in [1.29, 1.82) is 0 Å². The second kappa shape index (κ2) is 17.5. The Labute approximate surface area is 328 Å². The third kappa shape index (κ3) is 9.16. The van der Waals surface area contributed by atoms with Crippen molar-refractivity contribution in [2.45, 2.75) is 63.8 Å². The van der Waals surface area contributed by atoms with Gasteiger partial charge in [-0.15, -0.1) is 0 Å². The summed E-state index contributed by atoms with van der Waals surface area (Å²) in [6.45, 7) is 8.15. The van der Waals surface area contributed by atoms with E-state index in [4.69, 9.17) is 51.6 Å². The molecule has 0 saturated carbocycles. The van der Waals surface area contributed by atoms with Crippen molar-refractivity contribution >= 4 is 58.5 Å². The normalized spacial score (nSPS) is 20.7. The van der Waals surface area contributed by atoms with Gasteiger partial charge in [0.05, 0.1) is 49.2 Å². The maximum atomic E-state index is 16.1. The molecule has 1 saturated heterocycles. The number of hydrogen-bond donors (Lipinski definition) is 3. The van der Waals surface area contributed by atoms with E-state index in [2.05, 4.69) is 16.0 Å². The van der Waals surface area contributed by atoms with E-state index in [1.165, 1.54) is 51.5 Å². The number of ether oxygens (including phenoxy) is 6. The minimum Gasteiger partial charge on any atom is -0.495 e. The lowest BCUT2D eigenvalue weighted by molar-refractivity contribution is -0.122. The molecule has 0 radical (unpaired) electrons. The van der Waals surface area contributed by atoms with Crippen molar-refractivity contribution in [3.63, 3.8) is 0 Å². The molecule has 2 aliphatic rings. The Morgan fingerprint density at radius 1 is 0.982 bits per heavy atom. The van der Waals surface area contributed by atoms with Gasteiger partial charge in [-0.05, 0) is 59.4 Å². The van der Waals surface area contributed by atoms with E-state index in [1.54, 1.807) is 24.3 Å². The second-order valence-corrected chi connectivity index (χ2v) is 15.1. The Morgan fingerprint density at radius 2 is 1.73 bits per heavy atom. The summed E-state index contributed by atoms with van der Waals surface area (Å²) < 4.78 is 46.9. The fraction of sp³-hybridized carbons (Fsp3) is 0.436. The first-order valence-electron chi connectivity index (χ1n) is 17.5. The van der Waals surface area contributed by atoms with Crippen molar-refractivity contribution in [1.82, 2.24) is 5.32 Å². The zero-order valence-electron chi connectivity index (χ0n) is 31.3. The van der Waals surface area contributed by atoms with Gasteiger partial charge >= 0.3 is 12.1 Å². The van der Waals surface area contributed by atoms with Crippen LogP contribution in [-0.2, 0) is 38.7 Å². The van der Waals surface area contributed by atoms with Crippen LogP contribution in [-0.4, -0.2) is 83.0 Å². The number of amides is 2. The number of anilines is 2. The highest BCUT2D eigenvalue weighted by Gasteiger charge is 2.66. The van der Waals surface area contributed by atoms with Crippen LogP contribution in [0.5, 0.6) is 5.75 Å².